The number of aldehydes is 1. The third kappa shape index (κ3) is 4.91. The van der Waals surface area contributed by atoms with Crippen LogP contribution >= 0.6 is 19.4 Å². The quantitative estimate of drug-likeness (QED) is 0.392. The molecule has 0 radical (unpaired) electrons. The van der Waals surface area contributed by atoms with E-state index in [1.165, 1.54) is 6.92 Å². The Bertz CT molecular complexity index is 883. The SMILES string of the molecule is Cc1nc(N=Nc2ccccc2Cl)c(COP(=O)(O)O)c(C=O)c1O. The molecule has 0 saturated carbocycles. The van der Waals surface area contributed by atoms with Gasteiger partial charge in [-0.05, 0) is 19.1 Å². The van der Waals surface area contributed by atoms with Crippen LogP contribution in [-0.2, 0) is 15.7 Å². The second-order valence-corrected chi connectivity index (χ2v) is 6.44. The van der Waals surface area contributed by atoms with E-state index >= 15 is 0 Å². The third-order valence-corrected chi connectivity index (χ3v) is 3.85. The summed E-state index contributed by atoms with van der Waals surface area (Å²) in [5.41, 5.74) is 0.0626. The molecular formula is C14H13ClN3O6P. The van der Waals surface area contributed by atoms with E-state index in [9.17, 15) is 14.5 Å². The molecule has 25 heavy (non-hydrogen) atoms. The minimum Gasteiger partial charge on any atom is -0.505 e. The standard InChI is InChI=1S/C14H13ClN3O6P/c1-8-13(20)9(6-19)10(7-24-25(21,22)23)14(16-8)18-17-12-5-3-2-4-11(12)15/h2-6,20H,7H2,1H3,(H2,21,22,23). The fraction of sp³-hybridized carbons (Fsp3) is 0.143. The number of carbonyl (C=O) groups excluding carboxylic acids is 1. The molecule has 1 aromatic heterocycles. The Hall–Kier alpha value is -2.16. The highest BCUT2D eigenvalue weighted by atomic mass is 35.5. The van der Waals surface area contributed by atoms with Crippen molar-refractivity contribution < 1.29 is 28.8 Å². The van der Waals surface area contributed by atoms with E-state index in [1.54, 1.807) is 24.3 Å². The molecule has 3 N–H and O–H groups in total. The summed E-state index contributed by atoms with van der Waals surface area (Å²) in [6, 6.07) is 6.57. The number of phosphoric acid groups is 1. The van der Waals surface area contributed by atoms with Gasteiger partial charge in [-0.1, -0.05) is 23.7 Å². The summed E-state index contributed by atoms with van der Waals surface area (Å²) in [6.07, 6.45) is 0.316. The van der Waals surface area contributed by atoms with Crippen LogP contribution in [-0.4, -0.2) is 26.2 Å². The Morgan fingerprint density at radius 1 is 1.32 bits per heavy atom. The highest BCUT2D eigenvalue weighted by Crippen LogP contribution is 2.40. The van der Waals surface area contributed by atoms with Crippen molar-refractivity contribution in [3.05, 3.63) is 46.1 Å². The molecule has 0 amide bonds. The van der Waals surface area contributed by atoms with E-state index in [0.717, 1.165) is 0 Å². The predicted octanol–water partition coefficient (Wildman–Crippen LogP) is 3.59. The fourth-order valence-corrected chi connectivity index (χ4v) is 2.34. The number of aromatic nitrogens is 1. The van der Waals surface area contributed by atoms with Crippen LogP contribution in [0.1, 0.15) is 21.6 Å². The van der Waals surface area contributed by atoms with Gasteiger partial charge in [-0.15, -0.1) is 10.2 Å². The predicted molar refractivity (Wildman–Crippen MR) is 88.5 cm³/mol. The van der Waals surface area contributed by atoms with Crippen molar-refractivity contribution in [2.75, 3.05) is 0 Å². The Morgan fingerprint density at radius 3 is 2.60 bits per heavy atom. The van der Waals surface area contributed by atoms with Gasteiger partial charge in [0.05, 0.1) is 22.9 Å². The number of aromatic hydroxyl groups is 1. The number of pyridine rings is 1. The zero-order valence-corrected chi connectivity index (χ0v) is 14.5. The molecule has 1 heterocycles. The number of hydrogen-bond acceptors (Lipinski definition) is 7. The van der Waals surface area contributed by atoms with E-state index in [2.05, 4.69) is 19.7 Å². The number of aryl methyl sites for hydroxylation is 1. The van der Waals surface area contributed by atoms with Gasteiger partial charge in [0.15, 0.2) is 12.1 Å². The van der Waals surface area contributed by atoms with Crippen LogP contribution in [0.2, 0.25) is 5.02 Å². The van der Waals surface area contributed by atoms with Gasteiger partial charge < -0.3 is 14.9 Å². The average Bonchev–Trinajstić information content (AvgIpc) is 2.54. The number of carbonyl (C=O) groups is 1. The minimum absolute atomic E-state index is 0.0927. The van der Waals surface area contributed by atoms with Gasteiger partial charge in [0.25, 0.3) is 0 Å². The lowest BCUT2D eigenvalue weighted by atomic mass is 10.1. The number of hydrogen-bond donors (Lipinski definition) is 3. The Labute approximate surface area is 147 Å². The molecule has 0 spiro atoms. The maximum absolute atomic E-state index is 11.3. The molecule has 2 aromatic rings. The summed E-state index contributed by atoms with van der Waals surface area (Å²) in [7, 11) is -4.81. The van der Waals surface area contributed by atoms with E-state index in [1.807, 2.05) is 0 Å². The zero-order chi connectivity index (χ0) is 18.6. The summed E-state index contributed by atoms with van der Waals surface area (Å²) >= 11 is 5.97. The van der Waals surface area contributed by atoms with Crippen LogP contribution in [0.4, 0.5) is 11.5 Å². The Kier molecular flexibility index (Phi) is 5.99. The lowest BCUT2D eigenvalue weighted by Gasteiger charge is -2.12. The van der Waals surface area contributed by atoms with E-state index < -0.39 is 20.2 Å². The highest BCUT2D eigenvalue weighted by molar-refractivity contribution is 7.46. The third-order valence-electron chi connectivity index (χ3n) is 3.07. The highest BCUT2D eigenvalue weighted by Gasteiger charge is 2.21. The molecule has 0 saturated heterocycles. The number of benzene rings is 1. The molecule has 0 bridgehead atoms. The van der Waals surface area contributed by atoms with Crippen LogP contribution in [0.3, 0.4) is 0 Å². The number of phosphoric ester groups is 1. The molecule has 0 fully saturated rings. The molecule has 9 nitrogen and oxygen atoms in total. The van der Waals surface area contributed by atoms with Gasteiger partial charge in [0, 0.05) is 5.56 Å². The molecule has 0 unspecified atom stereocenters. The van der Waals surface area contributed by atoms with Crippen LogP contribution in [0.5, 0.6) is 5.75 Å². The average molecular weight is 386 g/mol. The number of azo groups is 1. The van der Waals surface area contributed by atoms with Crippen LogP contribution in [0, 0.1) is 6.92 Å². The summed E-state index contributed by atoms with van der Waals surface area (Å²) in [4.78, 5) is 33.0. The Morgan fingerprint density at radius 2 is 2.00 bits per heavy atom. The second-order valence-electron chi connectivity index (χ2n) is 4.79. The van der Waals surface area contributed by atoms with Crippen molar-refractivity contribution in [1.82, 2.24) is 4.98 Å². The zero-order valence-electron chi connectivity index (χ0n) is 12.8. The first-order valence-electron chi connectivity index (χ1n) is 6.77. The molecule has 132 valence electrons. The van der Waals surface area contributed by atoms with E-state index in [0.29, 0.717) is 17.0 Å². The van der Waals surface area contributed by atoms with Crippen LogP contribution in [0.15, 0.2) is 34.5 Å². The number of halogens is 1. The van der Waals surface area contributed by atoms with Crippen molar-refractivity contribution in [3.63, 3.8) is 0 Å². The van der Waals surface area contributed by atoms with Crippen LogP contribution < -0.4 is 0 Å². The molecule has 0 aliphatic heterocycles. The first-order chi connectivity index (χ1) is 11.7. The molecular weight excluding hydrogens is 373 g/mol. The van der Waals surface area contributed by atoms with Gasteiger partial charge in [-0.25, -0.2) is 9.55 Å². The summed E-state index contributed by atoms with van der Waals surface area (Å²) < 4.78 is 15.3. The van der Waals surface area contributed by atoms with E-state index in [-0.39, 0.29) is 22.6 Å². The maximum atomic E-state index is 11.3. The van der Waals surface area contributed by atoms with Gasteiger partial charge in [-0.3, -0.25) is 9.32 Å². The van der Waals surface area contributed by atoms with Gasteiger partial charge in [0.2, 0.25) is 0 Å². The molecule has 11 heteroatoms. The monoisotopic (exact) mass is 385 g/mol. The number of rotatable bonds is 6. The lowest BCUT2D eigenvalue weighted by Crippen LogP contribution is -2.01. The first kappa shape index (κ1) is 19.2. The molecule has 2 rings (SSSR count). The van der Waals surface area contributed by atoms with Crippen molar-refractivity contribution in [2.45, 2.75) is 13.5 Å². The van der Waals surface area contributed by atoms with Crippen molar-refractivity contribution in [2.24, 2.45) is 10.2 Å². The molecule has 0 atom stereocenters. The topological polar surface area (TPSA) is 142 Å². The smallest absolute Gasteiger partial charge is 0.469 e. The first-order valence-corrected chi connectivity index (χ1v) is 8.67. The normalized spacial score (nSPS) is 11.8. The van der Waals surface area contributed by atoms with Gasteiger partial charge in [0.1, 0.15) is 11.4 Å². The van der Waals surface area contributed by atoms with Crippen molar-refractivity contribution >= 4 is 37.2 Å². The number of nitrogens with zero attached hydrogens (tertiary/aromatic N) is 3. The summed E-state index contributed by atoms with van der Waals surface area (Å²) in [6.45, 7) is 0.737. The Balaban J connectivity index is 2.51. The summed E-state index contributed by atoms with van der Waals surface area (Å²) in [5, 5.41) is 18.0. The van der Waals surface area contributed by atoms with Crippen molar-refractivity contribution in [1.29, 1.82) is 0 Å². The van der Waals surface area contributed by atoms with Crippen molar-refractivity contribution in [3.8, 4) is 5.75 Å². The second kappa shape index (κ2) is 7.81. The molecule has 0 aliphatic carbocycles. The molecule has 1 aromatic carbocycles. The minimum atomic E-state index is -4.81. The van der Waals surface area contributed by atoms with Gasteiger partial charge >= 0.3 is 7.82 Å². The maximum Gasteiger partial charge on any atom is 0.469 e. The summed E-state index contributed by atoms with van der Waals surface area (Å²) in [5.74, 6) is -0.568. The largest absolute Gasteiger partial charge is 0.505 e. The molecule has 0 aliphatic rings. The lowest BCUT2D eigenvalue weighted by molar-refractivity contribution is 0.111. The fourth-order valence-electron chi connectivity index (χ4n) is 1.87. The van der Waals surface area contributed by atoms with Gasteiger partial charge in [-0.2, -0.15) is 0 Å². The van der Waals surface area contributed by atoms with Crippen LogP contribution in [0.25, 0.3) is 0 Å². The van der Waals surface area contributed by atoms with E-state index in [4.69, 9.17) is 21.4 Å².